The molecule has 4 rings (SSSR count). The molecule has 1 aliphatic heterocycles. The molecule has 0 aromatic heterocycles. The standard InChI is InChI=1S/C30H42FN3O2/c1-32(30(36)33(2)29(22-35)25-10-4-3-5-11-25)28-13-7-6-12-26(28)21-34-18-8-9-24(20-34)19-23-14-16-27(31)17-15-23/h3-5,10-11,14-17,24,26,28-29,35H,6-9,12-13,18-22H2,1-2H3/t24-,26-,28?,29+/m0/s1. The lowest BCUT2D eigenvalue weighted by atomic mass is 9.82. The number of hydrogen-bond acceptors (Lipinski definition) is 3. The van der Waals surface area contributed by atoms with Gasteiger partial charge in [0.25, 0.3) is 0 Å². The number of benzene rings is 2. The zero-order valence-corrected chi connectivity index (χ0v) is 21.9. The summed E-state index contributed by atoms with van der Waals surface area (Å²) in [5.74, 6) is 0.869. The number of piperidine rings is 1. The number of carbonyl (C=O) groups excluding carboxylic acids is 1. The van der Waals surface area contributed by atoms with E-state index in [1.165, 1.54) is 24.8 Å². The van der Waals surface area contributed by atoms with E-state index in [0.29, 0.717) is 11.8 Å². The van der Waals surface area contributed by atoms with Gasteiger partial charge in [0, 0.05) is 33.2 Å². The van der Waals surface area contributed by atoms with Crippen molar-refractivity contribution in [2.75, 3.05) is 40.3 Å². The van der Waals surface area contributed by atoms with E-state index < -0.39 is 0 Å². The molecule has 0 radical (unpaired) electrons. The van der Waals surface area contributed by atoms with Crippen molar-refractivity contribution in [1.29, 1.82) is 0 Å². The number of amides is 2. The van der Waals surface area contributed by atoms with Crippen molar-refractivity contribution in [1.82, 2.24) is 14.7 Å². The lowest BCUT2D eigenvalue weighted by molar-refractivity contribution is 0.0681. The molecule has 5 nitrogen and oxygen atoms in total. The van der Waals surface area contributed by atoms with Gasteiger partial charge in [-0.05, 0) is 73.7 Å². The summed E-state index contributed by atoms with van der Waals surface area (Å²) in [5.41, 5.74) is 2.16. The highest BCUT2D eigenvalue weighted by Crippen LogP contribution is 2.32. The third-order valence-electron chi connectivity index (χ3n) is 8.33. The van der Waals surface area contributed by atoms with Crippen LogP contribution in [0, 0.1) is 17.7 Å². The fraction of sp³-hybridized carbons (Fsp3) is 0.567. The molecule has 2 aromatic carbocycles. The molecule has 0 spiro atoms. The van der Waals surface area contributed by atoms with Gasteiger partial charge in [0.15, 0.2) is 0 Å². The Kier molecular flexibility index (Phi) is 9.38. The number of aliphatic hydroxyl groups is 1. The topological polar surface area (TPSA) is 47.0 Å². The minimum atomic E-state index is -0.350. The third-order valence-corrected chi connectivity index (χ3v) is 8.33. The van der Waals surface area contributed by atoms with E-state index in [0.717, 1.165) is 50.9 Å². The van der Waals surface area contributed by atoms with Gasteiger partial charge in [-0.3, -0.25) is 0 Å². The van der Waals surface area contributed by atoms with Gasteiger partial charge in [0.05, 0.1) is 12.6 Å². The molecule has 1 saturated heterocycles. The predicted molar refractivity (Wildman–Crippen MR) is 142 cm³/mol. The van der Waals surface area contributed by atoms with E-state index in [2.05, 4.69) is 4.90 Å². The van der Waals surface area contributed by atoms with Crippen molar-refractivity contribution in [3.05, 3.63) is 71.5 Å². The fourth-order valence-electron chi connectivity index (χ4n) is 6.33. The number of urea groups is 1. The first-order chi connectivity index (χ1) is 17.5. The molecule has 1 saturated carbocycles. The molecule has 196 valence electrons. The number of nitrogens with zero attached hydrogens (tertiary/aromatic N) is 3. The van der Waals surface area contributed by atoms with Gasteiger partial charge in [-0.2, -0.15) is 0 Å². The van der Waals surface area contributed by atoms with Crippen molar-refractivity contribution in [3.63, 3.8) is 0 Å². The summed E-state index contributed by atoms with van der Waals surface area (Å²) in [7, 11) is 3.74. The first-order valence-corrected chi connectivity index (χ1v) is 13.6. The van der Waals surface area contributed by atoms with Crippen LogP contribution in [0.25, 0.3) is 0 Å². The normalized spacial score (nSPS) is 23.7. The second kappa shape index (κ2) is 12.7. The number of likely N-dealkylation sites (N-methyl/N-ethyl adjacent to an activating group) is 1. The SMILES string of the molecule is CN(C(=O)N(C)[C@H](CO)c1ccccc1)C1CCCC[C@H]1CN1CCC[C@@H](Cc2ccc(F)cc2)C1. The van der Waals surface area contributed by atoms with E-state index in [-0.39, 0.29) is 30.5 Å². The van der Waals surface area contributed by atoms with Crippen molar-refractivity contribution in [2.45, 2.75) is 57.0 Å². The number of likely N-dealkylation sites (tertiary alicyclic amines) is 1. The maximum atomic E-state index is 13.5. The van der Waals surface area contributed by atoms with E-state index in [4.69, 9.17) is 0 Å². The van der Waals surface area contributed by atoms with Crippen LogP contribution in [-0.4, -0.2) is 72.2 Å². The van der Waals surface area contributed by atoms with Crippen molar-refractivity contribution in [3.8, 4) is 0 Å². The van der Waals surface area contributed by atoms with Crippen molar-refractivity contribution in [2.24, 2.45) is 11.8 Å². The summed E-state index contributed by atoms with van der Waals surface area (Å²) >= 11 is 0. The Labute approximate surface area is 215 Å². The van der Waals surface area contributed by atoms with Crippen LogP contribution >= 0.6 is 0 Å². The Balaban J connectivity index is 1.37. The maximum absolute atomic E-state index is 13.5. The molecule has 2 amide bonds. The number of halogens is 1. The summed E-state index contributed by atoms with van der Waals surface area (Å²) in [6.07, 6.45) is 7.95. The van der Waals surface area contributed by atoms with Gasteiger partial charge < -0.3 is 19.8 Å². The number of hydrogen-bond donors (Lipinski definition) is 1. The van der Waals surface area contributed by atoms with Crippen LogP contribution in [0.2, 0.25) is 0 Å². The smallest absolute Gasteiger partial charge is 0.320 e. The second-order valence-corrected chi connectivity index (χ2v) is 10.8. The minimum absolute atomic E-state index is 0.0253. The van der Waals surface area contributed by atoms with Crippen LogP contribution in [0.3, 0.4) is 0 Å². The van der Waals surface area contributed by atoms with Gasteiger partial charge in [0.1, 0.15) is 5.82 Å². The zero-order chi connectivity index (χ0) is 25.5. The highest BCUT2D eigenvalue weighted by atomic mass is 19.1. The summed E-state index contributed by atoms with van der Waals surface area (Å²) < 4.78 is 13.3. The highest BCUT2D eigenvalue weighted by molar-refractivity contribution is 5.75. The summed E-state index contributed by atoms with van der Waals surface area (Å²) in [6, 6.07) is 16.6. The monoisotopic (exact) mass is 495 g/mol. The zero-order valence-electron chi connectivity index (χ0n) is 21.9. The average molecular weight is 496 g/mol. The number of rotatable bonds is 8. The Hall–Kier alpha value is -2.44. The molecule has 0 bridgehead atoms. The Morgan fingerprint density at radius 3 is 2.47 bits per heavy atom. The van der Waals surface area contributed by atoms with Crippen LogP contribution in [0.4, 0.5) is 9.18 Å². The molecule has 2 aliphatic rings. The van der Waals surface area contributed by atoms with Crippen LogP contribution < -0.4 is 0 Å². The van der Waals surface area contributed by atoms with Crippen LogP contribution in [0.1, 0.15) is 55.7 Å². The fourth-order valence-corrected chi connectivity index (χ4v) is 6.33. The first-order valence-electron chi connectivity index (χ1n) is 13.6. The van der Waals surface area contributed by atoms with Crippen LogP contribution in [0.15, 0.2) is 54.6 Å². The third kappa shape index (κ3) is 6.65. The molecule has 6 heteroatoms. The second-order valence-electron chi connectivity index (χ2n) is 10.8. The van der Waals surface area contributed by atoms with Crippen LogP contribution in [-0.2, 0) is 6.42 Å². The molecule has 4 atom stereocenters. The quantitative estimate of drug-likeness (QED) is 0.537. The molecule has 1 unspecified atom stereocenters. The van der Waals surface area contributed by atoms with E-state index >= 15 is 0 Å². The Morgan fingerprint density at radius 2 is 1.75 bits per heavy atom. The molecule has 2 aromatic rings. The summed E-state index contributed by atoms with van der Waals surface area (Å²) in [4.78, 5) is 19.8. The lowest BCUT2D eigenvalue weighted by Gasteiger charge is -2.43. The largest absolute Gasteiger partial charge is 0.394 e. The van der Waals surface area contributed by atoms with Gasteiger partial charge in [-0.25, -0.2) is 9.18 Å². The summed E-state index contributed by atoms with van der Waals surface area (Å²) in [5, 5.41) is 10.1. The Morgan fingerprint density at radius 1 is 1.03 bits per heavy atom. The molecule has 36 heavy (non-hydrogen) atoms. The number of carbonyl (C=O) groups is 1. The van der Waals surface area contributed by atoms with E-state index in [1.807, 2.05) is 54.4 Å². The van der Waals surface area contributed by atoms with Gasteiger partial charge in [-0.15, -0.1) is 0 Å². The number of aliphatic hydroxyl groups excluding tert-OH is 1. The predicted octanol–water partition coefficient (Wildman–Crippen LogP) is 5.36. The summed E-state index contributed by atoms with van der Waals surface area (Å²) in [6.45, 7) is 3.10. The van der Waals surface area contributed by atoms with E-state index in [9.17, 15) is 14.3 Å². The minimum Gasteiger partial charge on any atom is -0.394 e. The van der Waals surface area contributed by atoms with Crippen molar-refractivity contribution < 1.29 is 14.3 Å². The molecule has 2 fully saturated rings. The van der Waals surface area contributed by atoms with Crippen LogP contribution in [0.5, 0.6) is 0 Å². The van der Waals surface area contributed by atoms with Crippen molar-refractivity contribution >= 4 is 6.03 Å². The molecule has 1 heterocycles. The average Bonchev–Trinajstić information content (AvgIpc) is 2.91. The van der Waals surface area contributed by atoms with E-state index in [1.54, 1.807) is 24.1 Å². The molecular weight excluding hydrogens is 453 g/mol. The molecule has 1 aliphatic carbocycles. The van der Waals surface area contributed by atoms with Gasteiger partial charge in [-0.1, -0.05) is 55.3 Å². The maximum Gasteiger partial charge on any atom is 0.320 e. The first kappa shape index (κ1) is 26.6. The van der Waals surface area contributed by atoms with Gasteiger partial charge in [0.2, 0.25) is 0 Å². The van der Waals surface area contributed by atoms with Gasteiger partial charge >= 0.3 is 6.03 Å². The molecule has 1 N–H and O–H groups in total. The Bertz CT molecular complexity index is 954. The highest BCUT2D eigenvalue weighted by Gasteiger charge is 2.35. The molecular formula is C30H42FN3O2. The lowest BCUT2D eigenvalue weighted by Crippen LogP contribution is -2.52.